The van der Waals surface area contributed by atoms with Crippen LogP contribution in [0.2, 0.25) is 0 Å². The molecule has 2 aliphatic rings. The van der Waals surface area contributed by atoms with E-state index in [-0.39, 0.29) is 23.6 Å². The zero-order valence-corrected chi connectivity index (χ0v) is 20.4. The van der Waals surface area contributed by atoms with E-state index < -0.39 is 0 Å². The molecule has 0 radical (unpaired) electrons. The Balaban J connectivity index is 1.21. The Morgan fingerprint density at radius 1 is 1.19 bits per heavy atom. The molecule has 11 heteroatoms. The number of ether oxygens (including phenoxy) is 1. The second kappa shape index (κ2) is 9.76. The van der Waals surface area contributed by atoms with E-state index in [1.165, 1.54) is 11.3 Å². The van der Waals surface area contributed by atoms with Crippen LogP contribution in [-0.4, -0.2) is 70.9 Å². The van der Waals surface area contributed by atoms with Gasteiger partial charge in [0.25, 0.3) is 5.91 Å². The van der Waals surface area contributed by atoms with Crippen molar-refractivity contribution in [3.8, 4) is 16.8 Å². The Morgan fingerprint density at radius 2 is 2.08 bits per heavy atom. The maximum Gasteiger partial charge on any atom is 0.275 e. The van der Waals surface area contributed by atoms with Crippen LogP contribution in [0.4, 0.5) is 11.4 Å². The van der Waals surface area contributed by atoms with Gasteiger partial charge in [-0.25, -0.2) is 4.98 Å². The molecule has 3 aromatic heterocycles. The van der Waals surface area contributed by atoms with Gasteiger partial charge < -0.3 is 30.7 Å². The van der Waals surface area contributed by atoms with Gasteiger partial charge in [0.15, 0.2) is 5.13 Å². The van der Waals surface area contributed by atoms with Crippen molar-refractivity contribution < 1.29 is 14.6 Å². The number of benzene rings is 1. The van der Waals surface area contributed by atoms with Crippen molar-refractivity contribution in [2.75, 3.05) is 49.5 Å². The first-order valence-corrected chi connectivity index (χ1v) is 12.9. The summed E-state index contributed by atoms with van der Waals surface area (Å²) in [5.74, 6) is 0.466. The predicted octanol–water partition coefficient (Wildman–Crippen LogP) is 2.59. The van der Waals surface area contributed by atoms with Crippen molar-refractivity contribution >= 4 is 39.4 Å². The number of anilines is 2. The summed E-state index contributed by atoms with van der Waals surface area (Å²) in [5.41, 5.74) is 1.87. The molecule has 2 saturated heterocycles. The Morgan fingerprint density at radius 3 is 2.92 bits per heavy atom. The minimum Gasteiger partial charge on any atom is -0.494 e. The molecule has 4 N–H and O–H groups in total. The standard InChI is InChI=1S/C25H27N7O3S/c33-23(29-20-13-28-6-4-22(20)31-9-7-26-8-10-31)21-15-36-25(30-21)32-14-16-1-2-17(11-19(16)24(32)34)35-18-3-5-27-12-18/h1-2,4,6,11,13-15,18,26-27,34H,3,5,7-10,12H2,(H,29,33). The molecule has 6 rings (SSSR count). The van der Waals surface area contributed by atoms with E-state index in [9.17, 15) is 9.90 Å². The molecule has 0 saturated carbocycles. The van der Waals surface area contributed by atoms with Crippen molar-refractivity contribution in [1.82, 2.24) is 25.2 Å². The number of carbonyl (C=O) groups excluding carboxylic acids is 1. The molecule has 10 nitrogen and oxygen atoms in total. The number of fused-ring (bicyclic) bond motifs is 1. The second-order valence-corrected chi connectivity index (χ2v) is 9.74. The van der Waals surface area contributed by atoms with Crippen molar-refractivity contribution in [1.29, 1.82) is 0 Å². The van der Waals surface area contributed by atoms with Crippen LogP contribution in [0.5, 0.6) is 11.6 Å². The lowest BCUT2D eigenvalue weighted by atomic mass is 10.2. The van der Waals surface area contributed by atoms with Crippen LogP contribution in [0.3, 0.4) is 0 Å². The SMILES string of the molecule is O=C(Nc1cnccc1N1CCNCC1)c1csc(-n2cc3ccc(OC4CCNC4)cc3c2O)n1. The average Bonchev–Trinajstić information content (AvgIpc) is 3.66. The summed E-state index contributed by atoms with van der Waals surface area (Å²) in [4.78, 5) is 24.0. The molecular weight excluding hydrogens is 478 g/mol. The molecule has 2 aliphatic heterocycles. The molecule has 186 valence electrons. The fourth-order valence-electron chi connectivity index (χ4n) is 4.64. The Labute approximate surface area is 211 Å². The third-order valence-corrected chi connectivity index (χ3v) is 7.35. The summed E-state index contributed by atoms with van der Waals surface area (Å²) in [6.45, 7) is 5.28. The first-order chi connectivity index (χ1) is 17.7. The number of rotatable bonds is 6. The number of piperazine rings is 1. The van der Waals surface area contributed by atoms with Gasteiger partial charge in [-0.05, 0) is 37.2 Å². The summed E-state index contributed by atoms with van der Waals surface area (Å²) < 4.78 is 7.64. The van der Waals surface area contributed by atoms with E-state index in [0.717, 1.165) is 62.5 Å². The third kappa shape index (κ3) is 4.48. The van der Waals surface area contributed by atoms with Gasteiger partial charge in [0.2, 0.25) is 5.88 Å². The highest BCUT2D eigenvalue weighted by Gasteiger charge is 2.20. The first-order valence-electron chi connectivity index (χ1n) is 12.0. The molecule has 2 fully saturated rings. The summed E-state index contributed by atoms with van der Waals surface area (Å²) >= 11 is 1.29. The van der Waals surface area contributed by atoms with Gasteiger partial charge in [-0.1, -0.05) is 0 Å². The molecule has 5 heterocycles. The molecule has 1 atom stereocenters. The van der Waals surface area contributed by atoms with Crippen LogP contribution in [0.15, 0.2) is 48.2 Å². The number of carbonyl (C=O) groups is 1. The topological polar surface area (TPSA) is 117 Å². The summed E-state index contributed by atoms with van der Waals surface area (Å²) in [6, 6.07) is 7.60. The van der Waals surface area contributed by atoms with Crippen LogP contribution in [-0.2, 0) is 0 Å². The maximum atomic E-state index is 13.0. The maximum absolute atomic E-state index is 13.0. The van der Waals surface area contributed by atoms with E-state index in [2.05, 4.69) is 30.8 Å². The van der Waals surface area contributed by atoms with E-state index in [1.54, 1.807) is 22.3 Å². The Bertz CT molecular complexity index is 1390. The molecule has 4 aromatic rings. The van der Waals surface area contributed by atoms with Crippen LogP contribution in [0.25, 0.3) is 15.9 Å². The zero-order chi connectivity index (χ0) is 24.5. The molecule has 0 spiro atoms. The lowest BCUT2D eigenvalue weighted by Gasteiger charge is -2.30. The Hall–Kier alpha value is -3.67. The number of hydrogen-bond acceptors (Lipinski definition) is 9. The van der Waals surface area contributed by atoms with Gasteiger partial charge in [0.05, 0.1) is 17.6 Å². The second-order valence-electron chi connectivity index (χ2n) is 8.90. The van der Waals surface area contributed by atoms with Gasteiger partial charge >= 0.3 is 0 Å². The summed E-state index contributed by atoms with van der Waals surface area (Å²) in [6.07, 6.45) is 6.31. The highest BCUT2D eigenvalue weighted by Crippen LogP contribution is 2.34. The van der Waals surface area contributed by atoms with Crippen LogP contribution >= 0.6 is 11.3 Å². The summed E-state index contributed by atoms with van der Waals surface area (Å²) in [5, 5.41) is 24.3. The monoisotopic (exact) mass is 505 g/mol. The molecule has 1 amide bonds. The van der Waals surface area contributed by atoms with Gasteiger partial charge in [-0.15, -0.1) is 11.3 Å². The minimum absolute atomic E-state index is 0.0644. The van der Waals surface area contributed by atoms with Crippen molar-refractivity contribution in [3.05, 3.63) is 53.9 Å². The quantitative estimate of drug-likeness (QED) is 0.316. The Kier molecular flexibility index (Phi) is 6.18. The highest BCUT2D eigenvalue weighted by atomic mass is 32.1. The zero-order valence-electron chi connectivity index (χ0n) is 19.6. The number of aromatic nitrogens is 3. The van der Waals surface area contributed by atoms with E-state index in [0.29, 0.717) is 16.2 Å². The number of amides is 1. The molecule has 0 aliphatic carbocycles. The minimum atomic E-state index is -0.320. The number of nitrogens with one attached hydrogen (secondary N) is 3. The lowest BCUT2D eigenvalue weighted by molar-refractivity contribution is 0.102. The number of nitrogens with zero attached hydrogens (tertiary/aromatic N) is 4. The van der Waals surface area contributed by atoms with E-state index in [1.807, 2.05) is 30.5 Å². The van der Waals surface area contributed by atoms with Crippen LogP contribution in [0, 0.1) is 0 Å². The average molecular weight is 506 g/mol. The first kappa shape index (κ1) is 22.8. The van der Waals surface area contributed by atoms with Crippen molar-refractivity contribution in [3.63, 3.8) is 0 Å². The fraction of sp³-hybridized carbons (Fsp3) is 0.320. The molecule has 1 aromatic carbocycles. The van der Waals surface area contributed by atoms with Crippen molar-refractivity contribution in [2.24, 2.45) is 0 Å². The molecule has 1 unspecified atom stereocenters. The number of thiazole rings is 1. The largest absolute Gasteiger partial charge is 0.494 e. The van der Waals surface area contributed by atoms with E-state index in [4.69, 9.17) is 4.74 Å². The molecule has 36 heavy (non-hydrogen) atoms. The third-order valence-electron chi connectivity index (χ3n) is 6.51. The number of pyridine rings is 1. The number of hydrogen-bond donors (Lipinski definition) is 4. The van der Waals surface area contributed by atoms with Gasteiger partial charge in [0, 0.05) is 61.3 Å². The number of aromatic hydroxyl groups is 1. The van der Waals surface area contributed by atoms with Gasteiger partial charge in [0.1, 0.15) is 17.5 Å². The molecular formula is C25H27N7O3S. The predicted molar refractivity (Wildman–Crippen MR) is 140 cm³/mol. The van der Waals surface area contributed by atoms with Gasteiger partial charge in [-0.3, -0.25) is 14.3 Å². The van der Waals surface area contributed by atoms with E-state index >= 15 is 0 Å². The normalized spacial score (nSPS) is 18.0. The van der Waals surface area contributed by atoms with Crippen molar-refractivity contribution in [2.45, 2.75) is 12.5 Å². The van der Waals surface area contributed by atoms with Crippen LogP contribution in [0.1, 0.15) is 16.9 Å². The smallest absolute Gasteiger partial charge is 0.275 e. The fourth-order valence-corrected chi connectivity index (χ4v) is 5.42. The lowest BCUT2D eigenvalue weighted by Crippen LogP contribution is -2.43. The van der Waals surface area contributed by atoms with Gasteiger partial charge in [-0.2, -0.15) is 0 Å². The highest BCUT2D eigenvalue weighted by molar-refractivity contribution is 7.12. The van der Waals surface area contributed by atoms with Crippen LogP contribution < -0.4 is 25.6 Å². The summed E-state index contributed by atoms with van der Waals surface area (Å²) in [7, 11) is 0. The molecule has 0 bridgehead atoms.